The number of hydrogen-bond donors (Lipinski definition) is 1. The Morgan fingerprint density at radius 3 is 3.00 bits per heavy atom. The van der Waals surface area contributed by atoms with Gasteiger partial charge in [0.2, 0.25) is 5.91 Å². The number of carbonyl (C=O) groups is 1. The summed E-state index contributed by atoms with van der Waals surface area (Å²) in [4.78, 5) is 14.5. The number of rotatable bonds is 6. The quantitative estimate of drug-likeness (QED) is 0.875. The number of hydrogen-bond acceptors (Lipinski definition) is 3. The number of aryl methyl sites for hydroxylation is 1. The van der Waals surface area contributed by atoms with E-state index in [4.69, 9.17) is 9.84 Å². The first-order valence-electron chi connectivity index (χ1n) is 7.69. The average molecular weight is 291 g/mol. The first-order valence-corrected chi connectivity index (χ1v) is 7.69. The molecule has 1 amide bonds. The molecule has 1 heterocycles. The van der Waals surface area contributed by atoms with Crippen LogP contribution >= 0.6 is 0 Å². The third kappa shape index (κ3) is 3.97. The largest absolute Gasteiger partial charge is 0.496 e. The van der Waals surface area contributed by atoms with Crippen molar-refractivity contribution >= 4 is 5.91 Å². The van der Waals surface area contributed by atoms with Crippen molar-refractivity contribution < 1.29 is 14.6 Å². The van der Waals surface area contributed by atoms with E-state index in [1.165, 1.54) is 0 Å². The predicted octanol–water partition coefficient (Wildman–Crippen LogP) is 2.31. The summed E-state index contributed by atoms with van der Waals surface area (Å²) in [5.41, 5.74) is 2.07. The van der Waals surface area contributed by atoms with Gasteiger partial charge in [0.05, 0.1) is 13.5 Å². The fourth-order valence-corrected chi connectivity index (χ4v) is 3.04. The molecule has 1 aliphatic rings. The Balaban J connectivity index is 2.00. The van der Waals surface area contributed by atoms with Gasteiger partial charge in [-0.2, -0.15) is 0 Å². The molecule has 1 aliphatic heterocycles. The molecule has 0 radical (unpaired) electrons. The van der Waals surface area contributed by atoms with Crippen molar-refractivity contribution in [1.82, 2.24) is 4.90 Å². The Labute approximate surface area is 126 Å². The highest BCUT2D eigenvalue weighted by atomic mass is 16.5. The van der Waals surface area contributed by atoms with Crippen LogP contribution in [0.4, 0.5) is 0 Å². The minimum Gasteiger partial charge on any atom is -0.496 e. The number of methoxy groups -OCH3 is 1. The highest BCUT2D eigenvalue weighted by Crippen LogP contribution is 2.24. The summed E-state index contributed by atoms with van der Waals surface area (Å²) in [6.07, 6.45) is 4.22. The highest BCUT2D eigenvalue weighted by Gasteiger charge is 2.28. The Bertz CT molecular complexity index is 487. The maximum absolute atomic E-state index is 12.5. The SMILES string of the molecule is COc1cc(CC(=O)N2CCCC2CCCO)ccc1C. The molecular weight excluding hydrogens is 266 g/mol. The molecule has 4 nitrogen and oxygen atoms in total. The molecule has 116 valence electrons. The first-order chi connectivity index (χ1) is 10.2. The lowest BCUT2D eigenvalue weighted by Crippen LogP contribution is -2.36. The van der Waals surface area contributed by atoms with E-state index in [1.807, 2.05) is 30.0 Å². The van der Waals surface area contributed by atoms with Crippen LogP contribution in [-0.2, 0) is 11.2 Å². The summed E-state index contributed by atoms with van der Waals surface area (Å²) in [6, 6.07) is 6.24. The van der Waals surface area contributed by atoms with Gasteiger partial charge in [0.25, 0.3) is 0 Å². The zero-order valence-electron chi connectivity index (χ0n) is 13.0. The number of amides is 1. The second kappa shape index (κ2) is 7.46. The molecule has 1 aromatic rings. The van der Waals surface area contributed by atoms with Crippen LogP contribution in [0, 0.1) is 6.92 Å². The number of aliphatic hydroxyl groups is 1. The molecule has 1 saturated heterocycles. The van der Waals surface area contributed by atoms with Gasteiger partial charge in [-0.25, -0.2) is 0 Å². The van der Waals surface area contributed by atoms with Crippen LogP contribution in [0.2, 0.25) is 0 Å². The van der Waals surface area contributed by atoms with Crippen LogP contribution < -0.4 is 4.74 Å². The first kappa shape index (κ1) is 15.8. The Hall–Kier alpha value is -1.55. The predicted molar refractivity (Wildman–Crippen MR) is 82.5 cm³/mol. The third-order valence-electron chi connectivity index (χ3n) is 4.22. The molecule has 21 heavy (non-hydrogen) atoms. The lowest BCUT2D eigenvalue weighted by molar-refractivity contribution is -0.131. The smallest absolute Gasteiger partial charge is 0.227 e. The molecule has 1 atom stereocenters. The Morgan fingerprint density at radius 2 is 2.29 bits per heavy atom. The van der Waals surface area contributed by atoms with Crippen molar-refractivity contribution in [1.29, 1.82) is 0 Å². The van der Waals surface area contributed by atoms with Gasteiger partial charge in [-0.05, 0) is 49.8 Å². The second-order valence-electron chi connectivity index (χ2n) is 5.73. The summed E-state index contributed by atoms with van der Waals surface area (Å²) in [5.74, 6) is 1.01. The number of likely N-dealkylation sites (tertiary alicyclic amines) is 1. The van der Waals surface area contributed by atoms with Gasteiger partial charge in [-0.3, -0.25) is 4.79 Å². The van der Waals surface area contributed by atoms with E-state index in [-0.39, 0.29) is 12.5 Å². The van der Waals surface area contributed by atoms with Crippen molar-refractivity contribution in [3.8, 4) is 5.75 Å². The van der Waals surface area contributed by atoms with Gasteiger partial charge in [0, 0.05) is 19.2 Å². The molecule has 0 aromatic heterocycles. The summed E-state index contributed by atoms with van der Waals surface area (Å²) >= 11 is 0. The molecule has 0 saturated carbocycles. The lowest BCUT2D eigenvalue weighted by Gasteiger charge is -2.24. The average Bonchev–Trinajstić information content (AvgIpc) is 2.95. The molecule has 2 rings (SSSR count). The van der Waals surface area contributed by atoms with Gasteiger partial charge in [0.1, 0.15) is 5.75 Å². The topological polar surface area (TPSA) is 49.8 Å². The minimum absolute atomic E-state index is 0.182. The maximum atomic E-state index is 12.5. The molecule has 1 unspecified atom stereocenters. The Kier molecular flexibility index (Phi) is 5.62. The van der Waals surface area contributed by atoms with E-state index in [2.05, 4.69) is 0 Å². The van der Waals surface area contributed by atoms with Crippen molar-refractivity contribution in [2.45, 2.75) is 45.1 Å². The Morgan fingerprint density at radius 1 is 1.48 bits per heavy atom. The second-order valence-corrected chi connectivity index (χ2v) is 5.73. The van der Waals surface area contributed by atoms with Crippen molar-refractivity contribution in [3.63, 3.8) is 0 Å². The molecule has 1 N–H and O–H groups in total. The molecule has 0 aliphatic carbocycles. The molecule has 0 spiro atoms. The van der Waals surface area contributed by atoms with E-state index < -0.39 is 0 Å². The van der Waals surface area contributed by atoms with Crippen LogP contribution in [0.25, 0.3) is 0 Å². The van der Waals surface area contributed by atoms with Gasteiger partial charge < -0.3 is 14.7 Å². The van der Waals surface area contributed by atoms with Gasteiger partial charge in [-0.15, -0.1) is 0 Å². The standard InChI is InChI=1S/C17H25NO3/c1-13-7-8-14(11-16(13)21-2)12-17(20)18-9-3-5-15(18)6-4-10-19/h7-8,11,15,19H,3-6,9-10,12H2,1-2H3. The van der Waals surface area contributed by atoms with Gasteiger partial charge in [-0.1, -0.05) is 12.1 Å². The number of aliphatic hydroxyl groups excluding tert-OH is 1. The molecule has 1 fully saturated rings. The van der Waals surface area contributed by atoms with Gasteiger partial charge in [0.15, 0.2) is 0 Å². The van der Waals surface area contributed by atoms with Gasteiger partial charge >= 0.3 is 0 Å². The van der Waals surface area contributed by atoms with E-state index in [0.29, 0.717) is 12.5 Å². The summed E-state index contributed by atoms with van der Waals surface area (Å²) in [7, 11) is 1.65. The zero-order chi connectivity index (χ0) is 15.2. The van der Waals surface area contributed by atoms with Crippen LogP contribution in [0.5, 0.6) is 5.75 Å². The van der Waals surface area contributed by atoms with Crippen LogP contribution in [0.15, 0.2) is 18.2 Å². The number of nitrogens with zero attached hydrogens (tertiary/aromatic N) is 1. The minimum atomic E-state index is 0.182. The molecule has 1 aromatic carbocycles. The number of ether oxygens (including phenoxy) is 1. The maximum Gasteiger partial charge on any atom is 0.227 e. The monoisotopic (exact) mass is 291 g/mol. The van der Waals surface area contributed by atoms with E-state index in [9.17, 15) is 4.79 Å². The fraction of sp³-hybridized carbons (Fsp3) is 0.588. The molecular formula is C17H25NO3. The zero-order valence-corrected chi connectivity index (χ0v) is 13.0. The van der Waals surface area contributed by atoms with Crippen LogP contribution in [0.1, 0.15) is 36.8 Å². The normalized spacial score (nSPS) is 18.0. The van der Waals surface area contributed by atoms with Crippen molar-refractivity contribution in [2.24, 2.45) is 0 Å². The van der Waals surface area contributed by atoms with Crippen LogP contribution in [-0.4, -0.2) is 42.2 Å². The number of carbonyl (C=O) groups excluding carboxylic acids is 1. The number of benzene rings is 1. The summed E-state index contributed by atoms with van der Waals surface area (Å²) < 4.78 is 5.31. The van der Waals surface area contributed by atoms with Crippen LogP contribution in [0.3, 0.4) is 0 Å². The van der Waals surface area contributed by atoms with E-state index in [0.717, 1.165) is 49.1 Å². The lowest BCUT2D eigenvalue weighted by atomic mass is 10.1. The van der Waals surface area contributed by atoms with Crippen molar-refractivity contribution in [2.75, 3.05) is 20.3 Å². The third-order valence-corrected chi connectivity index (χ3v) is 4.22. The fourth-order valence-electron chi connectivity index (χ4n) is 3.04. The molecule has 0 bridgehead atoms. The summed E-state index contributed by atoms with van der Waals surface area (Å²) in [5, 5.41) is 8.95. The molecule has 4 heteroatoms. The van der Waals surface area contributed by atoms with E-state index >= 15 is 0 Å². The van der Waals surface area contributed by atoms with E-state index in [1.54, 1.807) is 7.11 Å². The highest BCUT2D eigenvalue weighted by molar-refractivity contribution is 5.79. The summed E-state index contributed by atoms with van der Waals surface area (Å²) in [6.45, 7) is 3.04. The van der Waals surface area contributed by atoms with Crippen molar-refractivity contribution in [3.05, 3.63) is 29.3 Å².